The first kappa shape index (κ1) is 23.7. The van der Waals surface area contributed by atoms with Gasteiger partial charge in [0.05, 0.1) is 12.3 Å². The predicted molar refractivity (Wildman–Crippen MR) is 134 cm³/mol. The lowest BCUT2D eigenvalue weighted by molar-refractivity contribution is -0.140. The monoisotopic (exact) mass is 466 g/mol. The molecule has 1 aliphatic rings. The number of para-hydroxylation sites is 1. The van der Waals surface area contributed by atoms with Gasteiger partial charge >= 0.3 is 0 Å². The number of aryl methyl sites for hydroxylation is 1. The van der Waals surface area contributed by atoms with E-state index in [0.29, 0.717) is 29.0 Å². The number of hydrogen-bond acceptors (Lipinski definition) is 5. The number of likely N-dealkylation sites (N-methyl/N-ethyl adjacent to an activating group) is 1. The highest BCUT2D eigenvalue weighted by Crippen LogP contribution is 2.33. The van der Waals surface area contributed by atoms with Crippen LogP contribution in [-0.2, 0) is 9.59 Å². The Morgan fingerprint density at radius 1 is 1.06 bits per heavy atom. The van der Waals surface area contributed by atoms with Gasteiger partial charge in [0, 0.05) is 29.4 Å². The fourth-order valence-corrected chi connectivity index (χ4v) is 4.15. The minimum atomic E-state index is -0.558. The van der Waals surface area contributed by atoms with Crippen molar-refractivity contribution in [3.05, 3.63) is 82.6 Å². The maximum absolute atomic E-state index is 13.2. The van der Waals surface area contributed by atoms with Crippen LogP contribution >= 0.6 is 0 Å². The number of hydrogen-bond donors (Lipinski definition) is 0. The highest BCUT2D eigenvalue weighted by Gasteiger charge is 2.34. The molecule has 35 heavy (non-hydrogen) atoms. The van der Waals surface area contributed by atoms with Crippen LogP contribution in [0.15, 0.2) is 71.4 Å². The molecule has 1 aliphatic heterocycles. The van der Waals surface area contributed by atoms with Crippen LogP contribution in [0, 0.1) is 18.3 Å². The Kier molecular flexibility index (Phi) is 6.65. The van der Waals surface area contributed by atoms with Gasteiger partial charge in [-0.3, -0.25) is 14.5 Å². The van der Waals surface area contributed by atoms with Crippen LogP contribution in [0.2, 0.25) is 0 Å². The average molecular weight is 467 g/mol. The van der Waals surface area contributed by atoms with Gasteiger partial charge in [-0.2, -0.15) is 10.4 Å². The third-order valence-corrected chi connectivity index (χ3v) is 5.97. The largest absolute Gasteiger partial charge is 0.494 e. The molecule has 0 saturated carbocycles. The normalized spacial score (nSPS) is 15.1. The van der Waals surface area contributed by atoms with E-state index in [-0.39, 0.29) is 12.1 Å². The quantitative estimate of drug-likeness (QED) is 0.382. The van der Waals surface area contributed by atoms with Crippen molar-refractivity contribution in [3.8, 4) is 28.8 Å². The van der Waals surface area contributed by atoms with E-state index in [1.807, 2.05) is 74.6 Å². The minimum absolute atomic E-state index is 0.0213. The van der Waals surface area contributed by atoms with E-state index in [1.165, 1.54) is 0 Å². The molecule has 0 bridgehead atoms. The van der Waals surface area contributed by atoms with Gasteiger partial charge in [-0.25, -0.2) is 4.68 Å². The molecule has 2 aromatic carbocycles. The molecule has 0 aliphatic carbocycles. The Hall–Kier alpha value is -4.44. The third kappa shape index (κ3) is 4.38. The van der Waals surface area contributed by atoms with E-state index in [0.717, 1.165) is 27.5 Å². The molecule has 176 valence electrons. The number of carbonyl (C=O) groups excluding carboxylic acids is 2. The molecule has 2 amide bonds. The standard InChI is InChI=1S/C28H26N4O3/c1-5-31-27(33)24(19(4)25(16-29)28(31)34)15-20-17-32(21-10-8-7-9-11-21)30-26(20)23-13-12-22(35-6-2)14-18(23)3/h7-15,17H,5-6H2,1-4H3/b24-15-. The van der Waals surface area contributed by atoms with Gasteiger partial charge in [0.2, 0.25) is 0 Å². The van der Waals surface area contributed by atoms with Crippen LogP contribution in [0.5, 0.6) is 5.75 Å². The van der Waals surface area contributed by atoms with Crippen molar-refractivity contribution in [1.29, 1.82) is 5.26 Å². The molecular weight excluding hydrogens is 440 g/mol. The Morgan fingerprint density at radius 3 is 2.43 bits per heavy atom. The Labute approximate surface area is 204 Å². The van der Waals surface area contributed by atoms with Crippen molar-refractivity contribution >= 4 is 17.9 Å². The lowest BCUT2D eigenvalue weighted by Crippen LogP contribution is -2.42. The zero-order valence-electron chi connectivity index (χ0n) is 20.2. The number of carbonyl (C=O) groups is 2. The van der Waals surface area contributed by atoms with Gasteiger partial charge in [-0.1, -0.05) is 18.2 Å². The average Bonchev–Trinajstić information content (AvgIpc) is 3.27. The SMILES string of the molecule is CCOc1ccc(-c2nn(-c3ccccc3)cc2/C=C2\C(=O)N(CC)C(=O)C(C#N)=C2C)c(C)c1. The summed E-state index contributed by atoms with van der Waals surface area (Å²) in [6, 6.07) is 17.5. The lowest BCUT2D eigenvalue weighted by atomic mass is 9.93. The summed E-state index contributed by atoms with van der Waals surface area (Å²) in [5.74, 6) is -0.207. The number of benzene rings is 2. The van der Waals surface area contributed by atoms with Gasteiger partial charge in [0.1, 0.15) is 23.1 Å². The number of nitrogens with zero attached hydrogens (tertiary/aromatic N) is 4. The van der Waals surface area contributed by atoms with Gasteiger partial charge in [0.25, 0.3) is 11.8 Å². The summed E-state index contributed by atoms with van der Waals surface area (Å²) in [5.41, 5.74) is 4.77. The van der Waals surface area contributed by atoms with Crippen LogP contribution in [-0.4, -0.2) is 39.6 Å². The number of imide groups is 1. The lowest BCUT2D eigenvalue weighted by Gasteiger charge is -2.26. The molecule has 4 rings (SSSR count). The van der Waals surface area contributed by atoms with Crippen molar-refractivity contribution in [2.45, 2.75) is 27.7 Å². The van der Waals surface area contributed by atoms with E-state index < -0.39 is 11.8 Å². The van der Waals surface area contributed by atoms with Gasteiger partial charge < -0.3 is 4.74 Å². The number of nitriles is 1. The Morgan fingerprint density at radius 2 is 1.80 bits per heavy atom. The van der Waals surface area contributed by atoms with Gasteiger partial charge in [-0.05, 0) is 75.2 Å². The summed E-state index contributed by atoms with van der Waals surface area (Å²) in [6.45, 7) is 8.02. The first-order valence-corrected chi connectivity index (χ1v) is 11.5. The molecule has 0 N–H and O–H groups in total. The molecule has 0 unspecified atom stereocenters. The molecule has 2 heterocycles. The summed E-state index contributed by atoms with van der Waals surface area (Å²) in [4.78, 5) is 26.9. The second kappa shape index (κ2) is 9.82. The topological polar surface area (TPSA) is 88.2 Å². The fourth-order valence-electron chi connectivity index (χ4n) is 4.15. The van der Waals surface area contributed by atoms with Crippen molar-refractivity contribution in [2.24, 2.45) is 0 Å². The number of amides is 2. The molecule has 3 aromatic rings. The molecule has 0 saturated heterocycles. The first-order chi connectivity index (χ1) is 16.9. The van der Waals surface area contributed by atoms with E-state index in [1.54, 1.807) is 24.6 Å². The summed E-state index contributed by atoms with van der Waals surface area (Å²) in [7, 11) is 0. The maximum Gasteiger partial charge on any atom is 0.271 e. The number of ether oxygens (including phenoxy) is 1. The van der Waals surface area contributed by atoms with Crippen molar-refractivity contribution in [1.82, 2.24) is 14.7 Å². The van der Waals surface area contributed by atoms with Crippen LogP contribution in [0.3, 0.4) is 0 Å². The predicted octanol–water partition coefficient (Wildman–Crippen LogP) is 4.86. The number of rotatable bonds is 6. The molecule has 7 heteroatoms. The van der Waals surface area contributed by atoms with Crippen LogP contribution in [0.4, 0.5) is 0 Å². The summed E-state index contributed by atoms with van der Waals surface area (Å²) in [5, 5.41) is 14.4. The third-order valence-electron chi connectivity index (χ3n) is 5.97. The van der Waals surface area contributed by atoms with Crippen molar-refractivity contribution < 1.29 is 14.3 Å². The summed E-state index contributed by atoms with van der Waals surface area (Å²) < 4.78 is 7.40. The first-order valence-electron chi connectivity index (χ1n) is 11.5. The fraction of sp³-hybridized carbons (Fsp3) is 0.214. The Balaban J connectivity index is 1.93. The van der Waals surface area contributed by atoms with E-state index in [2.05, 4.69) is 0 Å². The van der Waals surface area contributed by atoms with Crippen LogP contribution < -0.4 is 4.74 Å². The molecular formula is C28H26N4O3. The van der Waals surface area contributed by atoms with Crippen molar-refractivity contribution in [2.75, 3.05) is 13.2 Å². The molecule has 0 spiro atoms. The zero-order chi connectivity index (χ0) is 25.1. The second-order valence-corrected chi connectivity index (χ2v) is 8.15. The van der Waals surface area contributed by atoms with E-state index in [4.69, 9.17) is 9.84 Å². The highest BCUT2D eigenvalue weighted by atomic mass is 16.5. The summed E-state index contributed by atoms with van der Waals surface area (Å²) in [6.07, 6.45) is 3.58. The summed E-state index contributed by atoms with van der Waals surface area (Å²) >= 11 is 0. The van der Waals surface area contributed by atoms with Crippen LogP contribution in [0.1, 0.15) is 31.9 Å². The maximum atomic E-state index is 13.2. The zero-order valence-corrected chi connectivity index (χ0v) is 20.2. The van der Waals surface area contributed by atoms with E-state index in [9.17, 15) is 14.9 Å². The molecule has 1 aromatic heterocycles. The molecule has 7 nitrogen and oxygen atoms in total. The van der Waals surface area contributed by atoms with Gasteiger partial charge in [0.15, 0.2) is 0 Å². The molecule has 0 atom stereocenters. The van der Waals surface area contributed by atoms with Crippen molar-refractivity contribution in [3.63, 3.8) is 0 Å². The molecule has 0 fully saturated rings. The Bertz CT molecular complexity index is 1410. The van der Waals surface area contributed by atoms with Gasteiger partial charge in [-0.15, -0.1) is 0 Å². The highest BCUT2D eigenvalue weighted by molar-refractivity contribution is 6.19. The molecule has 0 radical (unpaired) electrons. The van der Waals surface area contributed by atoms with E-state index >= 15 is 0 Å². The number of aromatic nitrogens is 2. The minimum Gasteiger partial charge on any atom is -0.494 e. The smallest absolute Gasteiger partial charge is 0.271 e. The second-order valence-electron chi connectivity index (χ2n) is 8.15. The van der Waals surface area contributed by atoms with Crippen LogP contribution in [0.25, 0.3) is 23.0 Å².